The van der Waals surface area contributed by atoms with E-state index in [0.29, 0.717) is 17.2 Å². The SMILES string of the molecule is C[C@@H](c1ccc(F)cc1F)N1CCC[C@@H](C(=O)Nc2nncs2)C1. The second-order valence-corrected chi connectivity index (χ2v) is 6.74. The number of aromatic nitrogens is 2. The molecule has 1 aromatic carbocycles. The zero-order valence-corrected chi connectivity index (χ0v) is 14.0. The topological polar surface area (TPSA) is 58.1 Å². The monoisotopic (exact) mass is 352 g/mol. The van der Waals surface area contributed by atoms with Gasteiger partial charge >= 0.3 is 0 Å². The van der Waals surface area contributed by atoms with Gasteiger partial charge in [-0.2, -0.15) is 0 Å². The van der Waals surface area contributed by atoms with Gasteiger partial charge in [0.1, 0.15) is 17.1 Å². The molecular formula is C16H18F2N4OS. The minimum absolute atomic E-state index is 0.0942. The van der Waals surface area contributed by atoms with Crippen LogP contribution in [0.5, 0.6) is 0 Å². The van der Waals surface area contributed by atoms with E-state index in [-0.39, 0.29) is 17.9 Å². The van der Waals surface area contributed by atoms with Crippen molar-refractivity contribution < 1.29 is 13.6 Å². The van der Waals surface area contributed by atoms with Crippen molar-refractivity contribution >= 4 is 22.4 Å². The average molecular weight is 352 g/mol. The minimum Gasteiger partial charge on any atom is -0.300 e. The van der Waals surface area contributed by atoms with Crippen LogP contribution in [-0.4, -0.2) is 34.1 Å². The van der Waals surface area contributed by atoms with Crippen molar-refractivity contribution in [1.29, 1.82) is 0 Å². The zero-order valence-electron chi connectivity index (χ0n) is 13.2. The first-order valence-electron chi connectivity index (χ1n) is 7.80. The van der Waals surface area contributed by atoms with Crippen molar-refractivity contribution in [3.8, 4) is 0 Å². The standard InChI is InChI=1S/C16H18F2N4OS/c1-10(13-5-4-12(17)7-14(13)18)22-6-2-3-11(8-22)15(23)20-16-21-19-9-24-16/h4-5,7,9-11H,2-3,6,8H2,1H3,(H,20,21,23)/t10-,11+/m0/s1. The van der Waals surface area contributed by atoms with Crippen LogP contribution < -0.4 is 5.32 Å². The molecule has 1 fully saturated rings. The fraction of sp³-hybridized carbons (Fsp3) is 0.438. The predicted molar refractivity (Wildman–Crippen MR) is 87.6 cm³/mol. The van der Waals surface area contributed by atoms with E-state index in [1.165, 1.54) is 23.5 Å². The van der Waals surface area contributed by atoms with Gasteiger partial charge in [0.15, 0.2) is 0 Å². The van der Waals surface area contributed by atoms with Crippen molar-refractivity contribution in [1.82, 2.24) is 15.1 Å². The zero-order chi connectivity index (χ0) is 17.1. The summed E-state index contributed by atoms with van der Waals surface area (Å²) < 4.78 is 27.1. The molecule has 1 aliphatic rings. The van der Waals surface area contributed by atoms with Gasteiger partial charge < -0.3 is 5.32 Å². The summed E-state index contributed by atoms with van der Waals surface area (Å²) in [5.41, 5.74) is 2.00. The van der Waals surface area contributed by atoms with E-state index in [2.05, 4.69) is 20.4 Å². The van der Waals surface area contributed by atoms with Gasteiger partial charge in [-0.1, -0.05) is 17.4 Å². The summed E-state index contributed by atoms with van der Waals surface area (Å²) in [5, 5.41) is 10.7. The molecule has 2 heterocycles. The molecule has 0 saturated carbocycles. The smallest absolute Gasteiger partial charge is 0.230 e. The maximum atomic E-state index is 14.0. The van der Waals surface area contributed by atoms with Gasteiger partial charge in [0.25, 0.3) is 0 Å². The van der Waals surface area contributed by atoms with Crippen LogP contribution in [0.15, 0.2) is 23.7 Å². The molecule has 0 unspecified atom stereocenters. The fourth-order valence-corrected chi connectivity index (χ4v) is 3.49. The van der Waals surface area contributed by atoms with Crippen LogP contribution in [0, 0.1) is 17.6 Å². The summed E-state index contributed by atoms with van der Waals surface area (Å²) in [5.74, 6) is -1.42. The van der Waals surface area contributed by atoms with Gasteiger partial charge in [-0.3, -0.25) is 9.69 Å². The molecule has 128 valence electrons. The van der Waals surface area contributed by atoms with Crippen molar-refractivity contribution in [3.63, 3.8) is 0 Å². The van der Waals surface area contributed by atoms with Gasteiger partial charge in [-0.15, -0.1) is 10.2 Å². The lowest BCUT2D eigenvalue weighted by molar-refractivity contribution is -0.121. The van der Waals surface area contributed by atoms with Crippen molar-refractivity contribution in [2.45, 2.75) is 25.8 Å². The molecule has 0 aliphatic carbocycles. The third-order valence-electron chi connectivity index (χ3n) is 4.37. The second kappa shape index (κ2) is 7.31. The highest BCUT2D eigenvalue weighted by atomic mass is 32.1. The molecule has 1 amide bonds. The molecule has 1 N–H and O–H groups in total. The fourth-order valence-electron chi connectivity index (χ4n) is 3.04. The highest BCUT2D eigenvalue weighted by Crippen LogP contribution is 2.29. The number of amides is 1. The Balaban J connectivity index is 1.67. The number of halogens is 2. The van der Waals surface area contributed by atoms with E-state index in [9.17, 15) is 13.6 Å². The summed E-state index contributed by atoms with van der Waals surface area (Å²) >= 11 is 1.27. The first-order valence-corrected chi connectivity index (χ1v) is 8.68. The largest absolute Gasteiger partial charge is 0.300 e. The molecular weight excluding hydrogens is 334 g/mol. The van der Waals surface area contributed by atoms with Gasteiger partial charge in [-0.05, 0) is 32.4 Å². The highest BCUT2D eigenvalue weighted by Gasteiger charge is 2.30. The summed E-state index contributed by atoms with van der Waals surface area (Å²) in [6, 6.07) is 3.41. The quantitative estimate of drug-likeness (QED) is 0.918. The van der Waals surface area contributed by atoms with Crippen LogP contribution >= 0.6 is 11.3 Å². The molecule has 5 nitrogen and oxygen atoms in total. The van der Waals surface area contributed by atoms with Crippen LogP contribution in [0.1, 0.15) is 31.4 Å². The Morgan fingerprint density at radius 1 is 1.46 bits per heavy atom. The Hall–Kier alpha value is -1.93. The van der Waals surface area contributed by atoms with Crippen molar-refractivity contribution in [2.75, 3.05) is 18.4 Å². The molecule has 0 spiro atoms. The van der Waals surface area contributed by atoms with Crippen LogP contribution in [0.2, 0.25) is 0 Å². The van der Waals surface area contributed by atoms with E-state index >= 15 is 0 Å². The molecule has 2 atom stereocenters. The van der Waals surface area contributed by atoms with Crippen molar-refractivity contribution in [3.05, 3.63) is 40.9 Å². The van der Waals surface area contributed by atoms with Crippen LogP contribution in [0.25, 0.3) is 0 Å². The third kappa shape index (κ3) is 3.76. The van der Waals surface area contributed by atoms with Crippen LogP contribution in [0.3, 0.4) is 0 Å². The van der Waals surface area contributed by atoms with E-state index in [1.54, 1.807) is 5.51 Å². The lowest BCUT2D eigenvalue weighted by Gasteiger charge is -2.36. The normalized spacial score (nSPS) is 19.9. The number of benzene rings is 1. The van der Waals surface area contributed by atoms with Crippen LogP contribution in [0.4, 0.5) is 13.9 Å². The molecule has 1 aromatic heterocycles. The maximum absolute atomic E-state index is 14.0. The molecule has 1 saturated heterocycles. The number of carbonyl (C=O) groups is 1. The number of hydrogen-bond acceptors (Lipinski definition) is 5. The Morgan fingerprint density at radius 2 is 2.29 bits per heavy atom. The number of nitrogens with one attached hydrogen (secondary N) is 1. The second-order valence-electron chi connectivity index (χ2n) is 5.91. The summed E-state index contributed by atoms with van der Waals surface area (Å²) in [6.45, 7) is 3.19. The number of hydrogen-bond donors (Lipinski definition) is 1. The van der Waals surface area contributed by atoms with Gasteiger partial charge in [0, 0.05) is 24.2 Å². The number of nitrogens with zero attached hydrogens (tertiary/aromatic N) is 3. The first kappa shape index (κ1) is 16.9. The lowest BCUT2D eigenvalue weighted by atomic mass is 9.94. The molecule has 1 aliphatic heterocycles. The first-order chi connectivity index (χ1) is 11.5. The van der Waals surface area contributed by atoms with E-state index in [0.717, 1.165) is 25.5 Å². The number of piperidine rings is 1. The molecule has 0 radical (unpaired) electrons. The third-order valence-corrected chi connectivity index (χ3v) is 4.98. The Bertz CT molecular complexity index is 710. The summed E-state index contributed by atoms with van der Waals surface area (Å²) in [7, 11) is 0. The highest BCUT2D eigenvalue weighted by molar-refractivity contribution is 7.13. The van der Waals surface area contributed by atoms with Gasteiger partial charge in [-0.25, -0.2) is 8.78 Å². The maximum Gasteiger partial charge on any atom is 0.230 e. The Morgan fingerprint density at radius 3 is 3.00 bits per heavy atom. The molecule has 24 heavy (non-hydrogen) atoms. The van der Waals surface area contributed by atoms with Crippen LogP contribution in [-0.2, 0) is 4.79 Å². The number of anilines is 1. The molecule has 0 bridgehead atoms. The van der Waals surface area contributed by atoms with Gasteiger partial charge in [0.2, 0.25) is 11.0 Å². The molecule has 2 aromatic rings. The van der Waals surface area contributed by atoms with E-state index in [4.69, 9.17) is 0 Å². The number of likely N-dealkylation sites (tertiary alicyclic amines) is 1. The molecule has 3 rings (SSSR count). The lowest BCUT2D eigenvalue weighted by Crippen LogP contribution is -2.42. The number of rotatable bonds is 4. The minimum atomic E-state index is -0.587. The predicted octanol–water partition coefficient (Wildman–Crippen LogP) is 3.23. The van der Waals surface area contributed by atoms with Crippen molar-refractivity contribution in [2.24, 2.45) is 5.92 Å². The average Bonchev–Trinajstić information content (AvgIpc) is 3.07. The summed E-state index contributed by atoms with van der Waals surface area (Å²) in [6.07, 6.45) is 1.63. The molecule has 8 heteroatoms. The van der Waals surface area contributed by atoms with E-state index in [1.807, 2.05) is 6.92 Å². The van der Waals surface area contributed by atoms with E-state index < -0.39 is 11.6 Å². The Kier molecular flexibility index (Phi) is 5.15. The van der Waals surface area contributed by atoms with Gasteiger partial charge in [0.05, 0.1) is 5.92 Å². The Labute approximate surface area is 142 Å². The number of carbonyl (C=O) groups excluding carboxylic acids is 1. The summed E-state index contributed by atoms with van der Waals surface area (Å²) in [4.78, 5) is 14.4.